The molecule has 1 unspecified atom stereocenters. The van der Waals surface area contributed by atoms with E-state index in [0.717, 1.165) is 55.1 Å². The van der Waals surface area contributed by atoms with Crippen molar-refractivity contribution >= 4 is 5.91 Å². The van der Waals surface area contributed by atoms with Gasteiger partial charge in [-0.3, -0.25) is 9.69 Å². The van der Waals surface area contributed by atoms with Crippen LogP contribution < -0.4 is 9.47 Å². The second-order valence-electron chi connectivity index (χ2n) is 11.5. The molecule has 1 heterocycles. The summed E-state index contributed by atoms with van der Waals surface area (Å²) in [4.78, 5) is 17.5. The third-order valence-corrected chi connectivity index (χ3v) is 8.71. The highest BCUT2D eigenvalue weighted by Gasteiger charge is 2.39. The molecule has 6 nitrogen and oxygen atoms in total. The lowest BCUT2D eigenvalue weighted by Crippen LogP contribution is -2.46. The van der Waals surface area contributed by atoms with Gasteiger partial charge in [-0.1, -0.05) is 66.7 Å². The minimum atomic E-state index is -0.599. The smallest absolute Gasteiger partial charge is 0.253 e. The predicted octanol–water partition coefficient (Wildman–Crippen LogP) is 6.48. The Balaban J connectivity index is 1.31. The number of nitrogens with zero attached hydrogens (tertiary/aromatic N) is 2. The summed E-state index contributed by atoms with van der Waals surface area (Å²) in [5.74, 6) is 1.66. The number of hydrogen-bond donors (Lipinski definition) is 1. The zero-order valence-corrected chi connectivity index (χ0v) is 25.4. The molecule has 1 atom stereocenters. The first-order chi connectivity index (χ1) is 20.9. The fourth-order valence-corrected chi connectivity index (χ4v) is 6.28. The first-order valence-electron chi connectivity index (χ1n) is 15.0. The third kappa shape index (κ3) is 7.10. The molecule has 5 rings (SSSR count). The molecule has 0 radical (unpaired) electrons. The second-order valence-corrected chi connectivity index (χ2v) is 11.5. The van der Waals surface area contributed by atoms with Gasteiger partial charge in [-0.25, -0.2) is 0 Å². The van der Waals surface area contributed by atoms with Crippen molar-refractivity contribution in [1.29, 1.82) is 0 Å². The van der Waals surface area contributed by atoms with Crippen LogP contribution in [0.3, 0.4) is 0 Å². The molecule has 224 valence electrons. The van der Waals surface area contributed by atoms with Gasteiger partial charge in [0.05, 0.1) is 20.3 Å². The van der Waals surface area contributed by atoms with Crippen LogP contribution in [0.5, 0.6) is 11.5 Å². The Labute approximate surface area is 255 Å². The number of amides is 1. The SMILES string of the molecule is COc1ccc(C2(c3ccc(OC)cc3)CCCN(Cc3cccc(C(=O)N(C)CCC(O)c4ccccc4)c3)C2)cc1. The molecule has 1 aliphatic rings. The van der Waals surface area contributed by atoms with Crippen LogP contribution in [0.2, 0.25) is 0 Å². The topological polar surface area (TPSA) is 62.2 Å². The van der Waals surface area contributed by atoms with Gasteiger partial charge in [0.1, 0.15) is 11.5 Å². The van der Waals surface area contributed by atoms with Gasteiger partial charge in [-0.2, -0.15) is 0 Å². The standard InChI is InChI=1S/C37H42N2O4/c1-38(24-21-35(40)29-10-5-4-6-11-29)36(41)30-12-7-9-28(25-30)26-39-23-8-22-37(27-39,31-13-17-33(42-2)18-14-31)32-15-19-34(43-3)20-16-32/h4-7,9-20,25,35,40H,8,21-24,26-27H2,1-3H3. The molecule has 4 aromatic rings. The zero-order chi connectivity index (χ0) is 30.2. The van der Waals surface area contributed by atoms with Crippen LogP contribution in [0.25, 0.3) is 0 Å². The van der Waals surface area contributed by atoms with E-state index in [2.05, 4.69) is 35.2 Å². The third-order valence-electron chi connectivity index (χ3n) is 8.71. The van der Waals surface area contributed by atoms with Crippen LogP contribution in [0.15, 0.2) is 103 Å². The monoisotopic (exact) mass is 578 g/mol. The molecular weight excluding hydrogens is 536 g/mol. The van der Waals surface area contributed by atoms with Gasteiger partial charge < -0.3 is 19.5 Å². The van der Waals surface area contributed by atoms with E-state index in [1.807, 2.05) is 72.8 Å². The van der Waals surface area contributed by atoms with Crippen molar-refractivity contribution in [1.82, 2.24) is 9.80 Å². The lowest BCUT2D eigenvalue weighted by molar-refractivity contribution is 0.0761. The molecule has 0 aromatic heterocycles. The summed E-state index contributed by atoms with van der Waals surface area (Å²) in [6.07, 6.45) is 1.99. The van der Waals surface area contributed by atoms with Crippen molar-refractivity contribution in [2.45, 2.75) is 37.3 Å². The van der Waals surface area contributed by atoms with E-state index in [1.165, 1.54) is 11.1 Å². The van der Waals surface area contributed by atoms with Crippen molar-refractivity contribution in [3.63, 3.8) is 0 Å². The number of aliphatic hydroxyl groups excluding tert-OH is 1. The Morgan fingerprint density at radius 3 is 2.12 bits per heavy atom. The van der Waals surface area contributed by atoms with Crippen LogP contribution in [0.1, 0.15) is 58.0 Å². The molecule has 0 spiro atoms. The van der Waals surface area contributed by atoms with Crippen molar-refractivity contribution in [3.8, 4) is 11.5 Å². The Kier molecular flexibility index (Phi) is 9.80. The van der Waals surface area contributed by atoms with Gasteiger partial charge >= 0.3 is 0 Å². The van der Waals surface area contributed by atoms with Crippen molar-refractivity contribution < 1.29 is 19.4 Å². The van der Waals surface area contributed by atoms with E-state index in [4.69, 9.17) is 9.47 Å². The van der Waals surface area contributed by atoms with E-state index < -0.39 is 6.10 Å². The maximum Gasteiger partial charge on any atom is 0.253 e. The van der Waals surface area contributed by atoms with Gasteiger partial charge in [-0.05, 0) is 84.5 Å². The van der Waals surface area contributed by atoms with Gasteiger partial charge in [0.15, 0.2) is 0 Å². The average Bonchev–Trinajstić information content (AvgIpc) is 3.07. The molecule has 4 aromatic carbocycles. The molecule has 1 N–H and O–H groups in total. The fraction of sp³-hybridized carbons (Fsp3) is 0.324. The Bertz CT molecular complexity index is 1420. The van der Waals surface area contributed by atoms with Gasteiger partial charge in [-0.15, -0.1) is 0 Å². The number of hydrogen-bond acceptors (Lipinski definition) is 5. The zero-order valence-electron chi connectivity index (χ0n) is 25.4. The van der Waals surface area contributed by atoms with E-state index in [0.29, 0.717) is 18.5 Å². The number of benzene rings is 4. The molecule has 1 saturated heterocycles. The summed E-state index contributed by atoms with van der Waals surface area (Å²) < 4.78 is 10.9. The summed E-state index contributed by atoms with van der Waals surface area (Å²) in [6.45, 7) is 3.08. The Hall–Kier alpha value is -4.13. The van der Waals surface area contributed by atoms with Crippen LogP contribution >= 0.6 is 0 Å². The number of carbonyl (C=O) groups excluding carboxylic acids is 1. The van der Waals surface area contributed by atoms with E-state index in [-0.39, 0.29) is 11.3 Å². The van der Waals surface area contributed by atoms with Gasteiger partial charge in [0, 0.05) is 37.7 Å². The molecule has 0 saturated carbocycles. The van der Waals surface area contributed by atoms with Crippen LogP contribution in [-0.2, 0) is 12.0 Å². The molecule has 1 amide bonds. The van der Waals surface area contributed by atoms with E-state index >= 15 is 0 Å². The molecule has 1 aliphatic heterocycles. The molecular formula is C37H42N2O4. The normalized spacial score (nSPS) is 15.4. The molecule has 1 fully saturated rings. The van der Waals surface area contributed by atoms with Gasteiger partial charge in [0.25, 0.3) is 5.91 Å². The highest BCUT2D eigenvalue weighted by atomic mass is 16.5. The Morgan fingerprint density at radius 2 is 1.51 bits per heavy atom. The molecule has 6 heteroatoms. The summed E-state index contributed by atoms with van der Waals surface area (Å²) in [5.41, 5.74) is 5.01. The number of aliphatic hydroxyl groups is 1. The number of carbonyl (C=O) groups is 1. The summed E-state index contributed by atoms with van der Waals surface area (Å²) in [5, 5.41) is 10.6. The van der Waals surface area contributed by atoms with E-state index in [9.17, 15) is 9.90 Å². The minimum Gasteiger partial charge on any atom is -0.497 e. The van der Waals surface area contributed by atoms with Crippen molar-refractivity contribution in [2.24, 2.45) is 0 Å². The number of likely N-dealkylation sites (tertiary alicyclic amines) is 1. The second kappa shape index (κ2) is 13.9. The maximum atomic E-state index is 13.3. The van der Waals surface area contributed by atoms with Crippen LogP contribution in [0.4, 0.5) is 0 Å². The van der Waals surface area contributed by atoms with E-state index in [1.54, 1.807) is 26.2 Å². The summed E-state index contributed by atoms with van der Waals surface area (Å²) in [7, 11) is 5.19. The first-order valence-corrected chi connectivity index (χ1v) is 15.0. The summed E-state index contributed by atoms with van der Waals surface area (Å²) in [6, 6.07) is 34.5. The highest BCUT2D eigenvalue weighted by Crippen LogP contribution is 2.42. The fourth-order valence-electron chi connectivity index (χ4n) is 6.28. The predicted molar refractivity (Wildman–Crippen MR) is 171 cm³/mol. The van der Waals surface area contributed by atoms with Crippen molar-refractivity contribution in [2.75, 3.05) is 40.9 Å². The maximum absolute atomic E-state index is 13.3. The highest BCUT2D eigenvalue weighted by molar-refractivity contribution is 5.94. The lowest BCUT2D eigenvalue weighted by atomic mass is 9.69. The quantitative estimate of drug-likeness (QED) is 0.221. The number of piperidine rings is 1. The van der Waals surface area contributed by atoms with Gasteiger partial charge in [0.2, 0.25) is 0 Å². The number of methoxy groups -OCH3 is 2. The number of rotatable bonds is 11. The number of ether oxygens (including phenoxy) is 2. The van der Waals surface area contributed by atoms with Crippen LogP contribution in [-0.4, -0.2) is 61.7 Å². The largest absolute Gasteiger partial charge is 0.497 e. The average molecular weight is 579 g/mol. The molecule has 0 bridgehead atoms. The summed E-state index contributed by atoms with van der Waals surface area (Å²) >= 11 is 0. The Morgan fingerprint density at radius 1 is 0.884 bits per heavy atom. The lowest BCUT2D eigenvalue weighted by Gasteiger charge is -2.44. The first kappa shape index (κ1) is 30.3. The molecule has 0 aliphatic carbocycles. The molecule has 43 heavy (non-hydrogen) atoms. The van der Waals surface area contributed by atoms with Crippen LogP contribution in [0, 0.1) is 0 Å². The van der Waals surface area contributed by atoms with Crippen molar-refractivity contribution in [3.05, 3.63) is 131 Å². The minimum absolute atomic E-state index is 0.0356.